The second-order valence-corrected chi connectivity index (χ2v) is 6.68. The zero-order valence-electron chi connectivity index (χ0n) is 16.7. The first-order chi connectivity index (χ1) is 14.1. The van der Waals surface area contributed by atoms with Crippen LogP contribution in [0.5, 0.6) is 0 Å². The van der Waals surface area contributed by atoms with Crippen LogP contribution in [0.15, 0.2) is 18.2 Å². The van der Waals surface area contributed by atoms with Gasteiger partial charge in [0.2, 0.25) is 0 Å². The largest absolute Gasteiger partial charge is 0.395 e. The summed E-state index contributed by atoms with van der Waals surface area (Å²) in [5, 5.41) is 29.2. The summed E-state index contributed by atoms with van der Waals surface area (Å²) < 4.78 is 1.54. The molecule has 0 unspecified atom stereocenters. The maximum atomic E-state index is 9.56. The van der Waals surface area contributed by atoms with E-state index in [0.717, 1.165) is 29.1 Å². The number of aliphatic hydroxyl groups excluding tert-OH is 1. The van der Waals surface area contributed by atoms with Crippen LogP contribution in [0.25, 0.3) is 5.65 Å². The summed E-state index contributed by atoms with van der Waals surface area (Å²) in [6.45, 7) is 5.76. The third-order valence-electron chi connectivity index (χ3n) is 4.69. The number of pyridine rings is 1. The van der Waals surface area contributed by atoms with Gasteiger partial charge >= 0.3 is 0 Å². The smallest absolute Gasteiger partial charge is 0.163 e. The molecule has 9 heteroatoms. The van der Waals surface area contributed by atoms with Crippen LogP contribution in [0.2, 0.25) is 0 Å². The lowest BCUT2D eigenvalue weighted by molar-refractivity contribution is 0.291. The Labute approximate surface area is 169 Å². The monoisotopic (exact) mass is 394 g/mol. The van der Waals surface area contributed by atoms with E-state index in [9.17, 15) is 5.26 Å². The standard InChI is InChI=1S/C20H26N8O/c1-3-16-13(2)27-28-18(22)17(11-21)19(26-20(16)28)24-8-7-14-5-4-6-15(25-14)12-23-9-10-29/h4-6,23,29H,3,7-10,12,22H2,1-2H3,(H,24,26). The minimum absolute atomic E-state index is 0.0990. The third kappa shape index (κ3) is 4.45. The van der Waals surface area contributed by atoms with E-state index in [4.69, 9.17) is 10.8 Å². The summed E-state index contributed by atoms with van der Waals surface area (Å²) in [4.78, 5) is 9.24. The number of aryl methyl sites for hydroxylation is 2. The first-order valence-corrected chi connectivity index (χ1v) is 9.67. The first-order valence-electron chi connectivity index (χ1n) is 9.67. The van der Waals surface area contributed by atoms with Gasteiger partial charge in [-0.15, -0.1) is 0 Å². The number of nitriles is 1. The molecule has 0 saturated heterocycles. The minimum Gasteiger partial charge on any atom is -0.395 e. The van der Waals surface area contributed by atoms with E-state index in [1.807, 2.05) is 32.0 Å². The molecule has 152 valence electrons. The molecule has 0 amide bonds. The first kappa shape index (κ1) is 20.5. The van der Waals surface area contributed by atoms with Crippen molar-refractivity contribution in [1.82, 2.24) is 24.9 Å². The van der Waals surface area contributed by atoms with E-state index in [1.165, 1.54) is 0 Å². The molecule has 0 atom stereocenters. The Morgan fingerprint density at radius 3 is 2.76 bits per heavy atom. The number of hydrogen-bond acceptors (Lipinski definition) is 8. The van der Waals surface area contributed by atoms with Crippen molar-refractivity contribution in [3.8, 4) is 6.07 Å². The van der Waals surface area contributed by atoms with Gasteiger partial charge in [-0.2, -0.15) is 14.9 Å². The van der Waals surface area contributed by atoms with Crippen molar-refractivity contribution in [2.24, 2.45) is 0 Å². The molecule has 3 rings (SSSR count). The Bertz CT molecular complexity index is 1040. The number of aliphatic hydroxyl groups is 1. The number of nitrogens with one attached hydrogen (secondary N) is 2. The zero-order chi connectivity index (χ0) is 20.8. The summed E-state index contributed by atoms with van der Waals surface area (Å²) >= 11 is 0. The topological polar surface area (TPSA) is 137 Å². The van der Waals surface area contributed by atoms with Crippen molar-refractivity contribution < 1.29 is 5.11 Å². The molecular formula is C20H26N8O. The number of nitrogens with two attached hydrogens (primary N) is 1. The summed E-state index contributed by atoms with van der Waals surface area (Å²) in [5.74, 6) is 0.755. The van der Waals surface area contributed by atoms with Gasteiger partial charge in [-0.25, -0.2) is 4.98 Å². The van der Waals surface area contributed by atoms with Gasteiger partial charge in [0.15, 0.2) is 5.65 Å². The molecule has 5 N–H and O–H groups in total. The van der Waals surface area contributed by atoms with Crippen molar-refractivity contribution in [1.29, 1.82) is 5.26 Å². The molecule has 3 aromatic heterocycles. The number of aromatic nitrogens is 4. The van der Waals surface area contributed by atoms with E-state index >= 15 is 0 Å². The van der Waals surface area contributed by atoms with Crippen LogP contribution < -0.4 is 16.4 Å². The van der Waals surface area contributed by atoms with Gasteiger partial charge in [-0.1, -0.05) is 13.0 Å². The molecular weight excluding hydrogens is 368 g/mol. The summed E-state index contributed by atoms with van der Waals surface area (Å²) in [5.41, 5.74) is 10.9. The van der Waals surface area contributed by atoms with E-state index in [2.05, 4.69) is 31.8 Å². The molecule has 0 saturated carbocycles. The Kier molecular flexibility index (Phi) is 6.59. The molecule has 3 heterocycles. The Balaban J connectivity index is 1.75. The average molecular weight is 394 g/mol. The van der Waals surface area contributed by atoms with Crippen molar-refractivity contribution in [3.05, 3.63) is 46.4 Å². The molecule has 0 aliphatic carbocycles. The van der Waals surface area contributed by atoms with Crippen LogP contribution in [-0.4, -0.2) is 44.4 Å². The van der Waals surface area contributed by atoms with Gasteiger partial charge < -0.3 is 21.5 Å². The predicted molar refractivity (Wildman–Crippen MR) is 111 cm³/mol. The second-order valence-electron chi connectivity index (χ2n) is 6.68. The lowest BCUT2D eigenvalue weighted by Crippen LogP contribution is -2.18. The van der Waals surface area contributed by atoms with Crippen LogP contribution in [0.4, 0.5) is 11.6 Å². The van der Waals surface area contributed by atoms with Crippen LogP contribution in [0.3, 0.4) is 0 Å². The molecule has 0 fully saturated rings. The Morgan fingerprint density at radius 2 is 2.03 bits per heavy atom. The third-order valence-corrected chi connectivity index (χ3v) is 4.69. The summed E-state index contributed by atoms with van der Waals surface area (Å²) in [6, 6.07) is 8.00. The number of nitrogens with zero attached hydrogens (tertiary/aromatic N) is 5. The highest BCUT2D eigenvalue weighted by atomic mass is 16.3. The maximum absolute atomic E-state index is 9.56. The van der Waals surface area contributed by atoms with E-state index in [-0.39, 0.29) is 18.0 Å². The van der Waals surface area contributed by atoms with E-state index in [0.29, 0.717) is 37.5 Å². The highest BCUT2D eigenvalue weighted by Gasteiger charge is 2.18. The number of nitrogen functional groups attached to an aromatic ring is 1. The quantitative estimate of drug-likeness (QED) is 0.397. The fraction of sp³-hybridized carbons (Fsp3) is 0.400. The van der Waals surface area contributed by atoms with Crippen LogP contribution in [0, 0.1) is 18.3 Å². The SMILES string of the molecule is CCc1c(C)nn2c(N)c(C#N)c(NCCc3cccc(CNCCO)n3)nc12. The molecule has 0 radical (unpaired) electrons. The zero-order valence-corrected chi connectivity index (χ0v) is 16.7. The summed E-state index contributed by atoms with van der Waals surface area (Å²) in [7, 11) is 0. The van der Waals surface area contributed by atoms with Crippen molar-refractivity contribution in [3.63, 3.8) is 0 Å². The molecule has 3 aromatic rings. The lowest BCUT2D eigenvalue weighted by atomic mass is 10.2. The normalized spacial score (nSPS) is 11.0. The molecule has 9 nitrogen and oxygen atoms in total. The summed E-state index contributed by atoms with van der Waals surface area (Å²) in [6.07, 6.45) is 1.46. The highest BCUT2D eigenvalue weighted by molar-refractivity contribution is 5.69. The maximum Gasteiger partial charge on any atom is 0.163 e. The second kappa shape index (κ2) is 9.32. The number of anilines is 2. The fourth-order valence-electron chi connectivity index (χ4n) is 3.24. The van der Waals surface area contributed by atoms with E-state index < -0.39 is 0 Å². The molecule has 0 bridgehead atoms. The number of hydrogen-bond donors (Lipinski definition) is 4. The van der Waals surface area contributed by atoms with Gasteiger partial charge in [0, 0.05) is 37.3 Å². The fourth-order valence-corrected chi connectivity index (χ4v) is 3.24. The van der Waals surface area contributed by atoms with Crippen molar-refractivity contribution >= 4 is 17.3 Å². The predicted octanol–water partition coefficient (Wildman–Crippen LogP) is 1.19. The van der Waals surface area contributed by atoms with Gasteiger partial charge in [-0.05, 0) is 25.5 Å². The number of rotatable bonds is 9. The Hall–Kier alpha value is -3.22. The van der Waals surface area contributed by atoms with E-state index in [1.54, 1.807) is 4.52 Å². The van der Waals surface area contributed by atoms with Gasteiger partial charge in [0.1, 0.15) is 23.3 Å². The van der Waals surface area contributed by atoms with Gasteiger partial charge in [-0.3, -0.25) is 4.98 Å². The molecule has 0 spiro atoms. The van der Waals surface area contributed by atoms with Crippen LogP contribution in [0.1, 0.15) is 35.1 Å². The molecule has 0 aliphatic rings. The molecule has 29 heavy (non-hydrogen) atoms. The Morgan fingerprint density at radius 1 is 1.24 bits per heavy atom. The molecule has 0 aliphatic heterocycles. The van der Waals surface area contributed by atoms with Crippen molar-refractivity contribution in [2.75, 3.05) is 30.7 Å². The van der Waals surface area contributed by atoms with Crippen LogP contribution >= 0.6 is 0 Å². The molecule has 0 aromatic carbocycles. The van der Waals surface area contributed by atoms with Crippen molar-refractivity contribution in [2.45, 2.75) is 33.2 Å². The van der Waals surface area contributed by atoms with Gasteiger partial charge in [0.05, 0.1) is 18.0 Å². The average Bonchev–Trinajstić information content (AvgIpc) is 3.04. The van der Waals surface area contributed by atoms with Crippen LogP contribution in [-0.2, 0) is 19.4 Å². The minimum atomic E-state index is 0.0990. The highest BCUT2D eigenvalue weighted by Crippen LogP contribution is 2.24. The lowest BCUT2D eigenvalue weighted by Gasteiger charge is -2.11. The number of fused-ring (bicyclic) bond motifs is 1. The van der Waals surface area contributed by atoms with Gasteiger partial charge in [0.25, 0.3) is 0 Å².